The first kappa shape index (κ1) is 86.3. The van der Waals surface area contributed by atoms with Gasteiger partial charge in [0.25, 0.3) is 0 Å². The monoisotopic (exact) mass is 1890 g/mol. The summed E-state index contributed by atoms with van der Waals surface area (Å²) >= 11 is 1.85. The van der Waals surface area contributed by atoms with Crippen LogP contribution in [0.25, 0.3) is 180 Å². The third-order valence-corrected chi connectivity index (χ3v) is 31.8. The fourth-order valence-electron chi connectivity index (χ4n) is 23.8. The van der Waals surface area contributed by atoms with E-state index in [2.05, 4.69) is 578 Å². The summed E-state index contributed by atoms with van der Waals surface area (Å²) in [6.45, 7) is 4.69. The number of hydrogen-bond acceptors (Lipinski definition) is 5. The molecule has 0 saturated carbocycles. The van der Waals surface area contributed by atoms with E-state index in [1.54, 1.807) is 0 Å². The van der Waals surface area contributed by atoms with Crippen molar-refractivity contribution in [2.75, 3.05) is 19.6 Å². The summed E-state index contributed by atoms with van der Waals surface area (Å²) in [5, 5.41) is 25.5. The SMILES string of the molecule is CC1(C)c2ccccc2N(c2ccc3c4ccc(-c5ccc(-n6c7ccccc7c7ccccc76)cc5)cc4c4ccccc4c3c2)c2ccccc21.c1ccc(-c2cccc(-c3ccc4c5ccccc5c5ccc(N6c7ccccc7N(c7ccccc7)c7ccccc76)cc5c4c3)c2)cc1.c1ccc(-c2cccc(-c3ccc4c5ccccc5c5ccc(N6c7ccccc7Sc7ccccc76)cc5c4c3)c2)cc1. The number of rotatable bonds is 10. The molecule has 0 N–H and O–H groups in total. The summed E-state index contributed by atoms with van der Waals surface area (Å²) in [6, 6.07) is 198. The van der Waals surface area contributed by atoms with E-state index >= 15 is 0 Å². The van der Waals surface area contributed by atoms with Crippen molar-refractivity contribution in [2.45, 2.75) is 29.1 Å². The minimum absolute atomic E-state index is 0.0908. The second kappa shape index (κ2) is 35.5. The van der Waals surface area contributed by atoms with Gasteiger partial charge in [-0.3, -0.25) is 0 Å². The molecule has 4 heterocycles. The van der Waals surface area contributed by atoms with Crippen molar-refractivity contribution >= 4 is 199 Å². The maximum atomic E-state index is 2.46. The predicted octanol–water partition coefficient (Wildman–Crippen LogP) is 40.2. The summed E-state index contributed by atoms with van der Waals surface area (Å²) in [5.41, 5.74) is 32.6. The molecule has 3 aliphatic heterocycles. The van der Waals surface area contributed by atoms with Crippen molar-refractivity contribution in [3.05, 3.63) is 551 Å². The Balaban J connectivity index is 0.000000107. The molecule has 5 nitrogen and oxygen atoms in total. The Morgan fingerprint density at radius 2 is 0.374 bits per heavy atom. The van der Waals surface area contributed by atoms with E-state index in [-0.39, 0.29) is 5.41 Å². The molecular formula is C141H95N5S. The topological polar surface area (TPSA) is 17.9 Å². The Morgan fingerprint density at radius 1 is 0.143 bits per heavy atom. The molecule has 30 rings (SSSR count). The van der Waals surface area contributed by atoms with Crippen LogP contribution in [0.3, 0.4) is 0 Å². The van der Waals surface area contributed by atoms with Crippen LogP contribution in [0.4, 0.5) is 68.2 Å². The molecule has 0 radical (unpaired) electrons. The molecule has 0 saturated heterocycles. The third kappa shape index (κ3) is 14.6. The Hall–Kier alpha value is -18.6. The minimum Gasteiger partial charge on any atom is -0.310 e. The van der Waals surface area contributed by atoms with Crippen molar-refractivity contribution in [3.63, 3.8) is 0 Å². The molecule has 0 fully saturated rings. The quantitative estimate of drug-likeness (QED) is 0.127. The first-order chi connectivity index (χ1) is 72.7. The second-order valence-electron chi connectivity index (χ2n) is 39.3. The number of nitrogens with zero attached hydrogens (tertiary/aromatic N) is 5. The van der Waals surface area contributed by atoms with Crippen LogP contribution in [-0.2, 0) is 5.41 Å². The van der Waals surface area contributed by atoms with Gasteiger partial charge in [0, 0.05) is 54.4 Å². The maximum Gasteiger partial charge on any atom is 0.0703 e. The van der Waals surface area contributed by atoms with E-state index in [4.69, 9.17) is 0 Å². The van der Waals surface area contributed by atoms with Crippen molar-refractivity contribution in [1.82, 2.24) is 4.57 Å². The highest BCUT2D eigenvalue weighted by Gasteiger charge is 2.38. The molecule has 0 atom stereocenters. The number of anilines is 12. The van der Waals surface area contributed by atoms with Gasteiger partial charge in [0.05, 0.1) is 56.5 Å². The van der Waals surface area contributed by atoms with Gasteiger partial charge in [0.2, 0.25) is 0 Å². The van der Waals surface area contributed by atoms with E-state index in [9.17, 15) is 0 Å². The van der Waals surface area contributed by atoms with Crippen LogP contribution in [0, 0.1) is 0 Å². The Bertz CT molecular complexity index is 9770. The van der Waals surface area contributed by atoms with Crippen molar-refractivity contribution in [1.29, 1.82) is 0 Å². The molecule has 26 aromatic carbocycles. The predicted molar refractivity (Wildman–Crippen MR) is 627 cm³/mol. The molecule has 0 amide bonds. The van der Waals surface area contributed by atoms with E-state index in [1.807, 2.05) is 11.8 Å². The lowest BCUT2D eigenvalue weighted by atomic mass is 9.73. The van der Waals surface area contributed by atoms with Gasteiger partial charge >= 0.3 is 0 Å². The van der Waals surface area contributed by atoms with Crippen molar-refractivity contribution < 1.29 is 0 Å². The Morgan fingerprint density at radius 3 is 0.776 bits per heavy atom. The first-order valence-corrected chi connectivity index (χ1v) is 51.6. The van der Waals surface area contributed by atoms with Crippen LogP contribution in [0.15, 0.2) is 550 Å². The standard InChI is InChI=1S/C51H36N2.C48H32N2.C42H27NS/c1-51(2)45-17-7-11-21-49(45)53(50-22-12-8-18-46(50)51)36-28-30-40-39-29-25-34(31-43(39)37-13-3-4-14-38(37)44(40)32-36)33-23-26-35(27-24-33)52-47-19-9-5-15-41(47)42-16-6-10-20-48(42)52;1-3-14-33(15-4-1)34-16-13-17-35(30-34)36-26-28-41-39-20-7-8-21-40(39)42-29-27-38(32-44(42)43(41)31-36)50-47-24-11-9-22-45(47)49(37-18-5-2-6-19-37)46-23-10-12-25-48(46)50;1-2-11-28(12-3-1)29-13-10-14-30(25-29)31-21-23-35-33-15-4-5-16-34(33)36-24-22-32(27-38(36)37(35)26-31)43-39-17-6-8-19-41(39)44-42-20-9-7-18-40(42)43/h3-32H,1-2H3;1-32H;1-27H. The molecule has 690 valence electrons. The van der Waals surface area contributed by atoms with E-state index in [0.29, 0.717) is 0 Å². The van der Waals surface area contributed by atoms with E-state index in [0.717, 1.165) is 34.1 Å². The highest BCUT2D eigenvalue weighted by atomic mass is 32.2. The summed E-state index contributed by atoms with van der Waals surface area (Å²) < 4.78 is 2.38. The van der Waals surface area contributed by atoms with Crippen molar-refractivity contribution in [3.8, 4) is 61.3 Å². The fraction of sp³-hybridized carbons (Fsp3) is 0.0213. The third-order valence-electron chi connectivity index (χ3n) is 30.7. The van der Waals surface area contributed by atoms with Gasteiger partial charge in [-0.25, -0.2) is 0 Å². The molecule has 27 aromatic rings. The molecule has 0 bridgehead atoms. The second-order valence-corrected chi connectivity index (χ2v) is 40.4. The van der Waals surface area contributed by atoms with Crippen LogP contribution < -0.4 is 19.6 Å². The molecule has 0 aliphatic carbocycles. The zero-order chi connectivity index (χ0) is 97.3. The smallest absolute Gasteiger partial charge is 0.0703 e. The average molecular weight is 1890 g/mol. The van der Waals surface area contributed by atoms with Gasteiger partial charge in [-0.1, -0.05) is 402 Å². The lowest BCUT2D eigenvalue weighted by Crippen LogP contribution is -2.30. The number of hydrogen-bond donors (Lipinski definition) is 0. The lowest BCUT2D eigenvalue weighted by molar-refractivity contribution is 0.632. The average Bonchev–Trinajstić information content (AvgIpc) is 1.65. The Kier molecular flexibility index (Phi) is 20.9. The Labute approximate surface area is 857 Å². The van der Waals surface area contributed by atoms with Crippen molar-refractivity contribution in [2.24, 2.45) is 0 Å². The van der Waals surface area contributed by atoms with Crippen LogP contribution in [0.2, 0.25) is 0 Å². The highest BCUT2D eigenvalue weighted by Crippen LogP contribution is 2.58. The highest BCUT2D eigenvalue weighted by molar-refractivity contribution is 7.99. The number of fused-ring (bicyclic) bond motifs is 27. The number of aromatic nitrogens is 1. The van der Waals surface area contributed by atoms with Gasteiger partial charge < -0.3 is 24.2 Å². The summed E-state index contributed by atoms with van der Waals surface area (Å²) in [4.78, 5) is 12.2. The minimum atomic E-state index is -0.0908. The molecular weight excluding hydrogens is 1800 g/mol. The molecule has 3 aliphatic rings. The summed E-state index contributed by atoms with van der Waals surface area (Å²) in [5.74, 6) is 0. The van der Waals surface area contributed by atoms with Crippen LogP contribution in [-0.4, -0.2) is 4.57 Å². The van der Waals surface area contributed by atoms with Gasteiger partial charge in [-0.15, -0.1) is 0 Å². The van der Waals surface area contributed by atoms with Gasteiger partial charge in [-0.2, -0.15) is 0 Å². The maximum absolute atomic E-state index is 2.46. The summed E-state index contributed by atoms with van der Waals surface area (Å²) in [6.07, 6.45) is 0. The largest absolute Gasteiger partial charge is 0.310 e. The van der Waals surface area contributed by atoms with Crippen LogP contribution in [0.1, 0.15) is 25.0 Å². The zero-order valence-electron chi connectivity index (χ0n) is 81.0. The van der Waals surface area contributed by atoms with E-state index < -0.39 is 0 Å². The number of para-hydroxylation sites is 11. The lowest BCUT2D eigenvalue weighted by Gasteiger charge is -2.42. The zero-order valence-corrected chi connectivity index (χ0v) is 81.8. The van der Waals surface area contributed by atoms with Gasteiger partial charge in [-0.05, 0) is 328 Å². The molecule has 0 spiro atoms. The fourth-order valence-corrected chi connectivity index (χ4v) is 24.9. The normalized spacial score (nSPS) is 12.8. The first-order valence-electron chi connectivity index (χ1n) is 50.7. The molecule has 147 heavy (non-hydrogen) atoms. The van der Waals surface area contributed by atoms with E-state index in [1.165, 1.54) is 235 Å². The molecule has 6 heteroatoms. The van der Waals surface area contributed by atoms with Gasteiger partial charge in [0.15, 0.2) is 0 Å². The van der Waals surface area contributed by atoms with Crippen LogP contribution >= 0.6 is 11.8 Å². The molecule has 0 unspecified atom stereocenters. The molecule has 1 aromatic heterocycles. The summed E-state index contributed by atoms with van der Waals surface area (Å²) in [7, 11) is 0. The number of benzene rings is 26. The van der Waals surface area contributed by atoms with Crippen LogP contribution in [0.5, 0.6) is 0 Å². The van der Waals surface area contributed by atoms with Gasteiger partial charge in [0.1, 0.15) is 0 Å².